The van der Waals surface area contributed by atoms with Crippen LogP contribution in [0.1, 0.15) is 46.5 Å². The van der Waals surface area contributed by atoms with Gasteiger partial charge in [0.25, 0.3) is 0 Å². The van der Waals surface area contributed by atoms with Crippen molar-refractivity contribution in [2.45, 2.75) is 52.0 Å². The third kappa shape index (κ3) is 3.24. The standard InChI is InChI=1S/C14H24N2O2/c1-14(2,3)16-12(17)8-15-13(18)11-7-9-4-5-10(11)6-9/h9-11H,4-8H2,1-3H3,(H,15,18)(H,16,17). The Morgan fingerprint density at radius 1 is 1.17 bits per heavy atom. The molecule has 2 bridgehead atoms. The minimum atomic E-state index is -0.242. The van der Waals surface area contributed by atoms with Gasteiger partial charge in [0.05, 0.1) is 6.54 Å². The fourth-order valence-corrected chi connectivity index (χ4v) is 3.33. The Balaban J connectivity index is 1.74. The van der Waals surface area contributed by atoms with Crippen LogP contribution >= 0.6 is 0 Å². The zero-order chi connectivity index (χ0) is 13.3. The molecule has 3 atom stereocenters. The van der Waals surface area contributed by atoms with E-state index in [0.29, 0.717) is 5.92 Å². The lowest BCUT2D eigenvalue weighted by Gasteiger charge is -2.23. The molecule has 0 aromatic rings. The maximum absolute atomic E-state index is 12.0. The van der Waals surface area contributed by atoms with Crippen molar-refractivity contribution in [3.63, 3.8) is 0 Å². The molecule has 2 saturated carbocycles. The number of hydrogen-bond donors (Lipinski definition) is 2. The predicted octanol–water partition coefficient (Wildman–Crippen LogP) is 1.45. The van der Waals surface area contributed by atoms with Crippen LogP contribution in [0.5, 0.6) is 0 Å². The number of rotatable bonds is 3. The van der Waals surface area contributed by atoms with Crippen molar-refractivity contribution in [2.24, 2.45) is 17.8 Å². The topological polar surface area (TPSA) is 58.2 Å². The summed E-state index contributed by atoms with van der Waals surface area (Å²) in [6, 6.07) is 0. The summed E-state index contributed by atoms with van der Waals surface area (Å²) in [5.41, 5.74) is -0.242. The lowest BCUT2D eigenvalue weighted by Crippen LogP contribution is -2.47. The van der Waals surface area contributed by atoms with Crippen molar-refractivity contribution in [1.29, 1.82) is 0 Å². The molecular weight excluding hydrogens is 228 g/mol. The normalized spacial score (nSPS) is 30.3. The lowest BCUT2D eigenvalue weighted by molar-refractivity contribution is -0.130. The highest BCUT2D eigenvalue weighted by molar-refractivity contribution is 5.86. The van der Waals surface area contributed by atoms with Crippen LogP contribution in [-0.2, 0) is 9.59 Å². The van der Waals surface area contributed by atoms with Gasteiger partial charge in [-0.3, -0.25) is 9.59 Å². The van der Waals surface area contributed by atoms with Gasteiger partial charge >= 0.3 is 0 Å². The maximum atomic E-state index is 12.0. The lowest BCUT2D eigenvalue weighted by atomic mass is 9.88. The van der Waals surface area contributed by atoms with Gasteiger partial charge in [0.2, 0.25) is 11.8 Å². The largest absolute Gasteiger partial charge is 0.350 e. The molecule has 4 nitrogen and oxygen atoms in total. The molecule has 2 rings (SSSR count). The first-order valence-electron chi connectivity index (χ1n) is 6.94. The molecule has 3 unspecified atom stereocenters. The first kappa shape index (κ1) is 13.4. The summed E-state index contributed by atoms with van der Waals surface area (Å²) in [7, 11) is 0. The molecule has 0 heterocycles. The van der Waals surface area contributed by atoms with Crippen LogP contribution in [0.15, 0.2) is 0 Å². The van der Waals surface area contributed by atoms with E-state index >= 15 is 0 Å². The van der Waals surface area contributed by atoms with Crippen LogP contribution in [0, 0.1) is 17.8 Å². The zero-order valence-corrected chi connectivity index (χ0v) is 11.6. The molecule has 102 valence electrons. The molecule has 0 aromatic carbocycles. The average Bonchev–Trinajstić information content (AvgIpc) is 2.84. The molecule has 2 amide bonds. The van der Waals surface area contributed by atoms with Gasteiger partial charge in [0, 0.05) is 11.5 Å². The highest BCUT2D eigenvalue weighted by Crippen LogP contribution is 2.48. The van der Waals surface area contributed by atoms with E-state index in [9.17, 15) is 9.59 Å². The summed E-state index contributed by atoms with van der Waals surface area (Å²) in [5.74, 6) is 1.45. The second-order valence-electron chi connectivity index (χ2n) is 6.80. The molecule has 0 radical (unpaired) electrons. The number of amides is 2. The van der Waals surface area contributed by atoms with Crippen LogP contribution in [0.4, 0.5) is 0 Å². The van der Waals surface area contributed by atoms with Crippen molar-refractivity contribution in [3.8, 4) is 0 Å². The van der Waals surface area contributed by atoms with E-state index in [1.54, 1.807) is 0 Å². The number of nitrogens with one attached hydrogen (secondary N) is 2. The monoisotopic (exact) mass is 252 g/mol. The molecule has 0 saturated heterocycles. The number of hydrogen-bond acceptors (Lipinski definition) is 2. The molecule has 2 N–H and O–H groups in total. The van der Waals surface area contributed by atoms with Gasteiger partial charge in [-0.15, -0.1) is 0 Å². The Morgan fingerprint density at radius 2 is 1.89 bits per heavy atom. The second kappa shape index (κ2) is 4.90. The van der Waals surface area contributed by atoms with Gasteiger partial charge in [-0.1, -0.05) is 6.42 Å². The molecule has 0 aromatic heterocycles. The number of fused-ring (bicyclic) bond motifs is 2. The first-order valence-corrected chi connectivity index (χ1v) is 6.94. The third-order valence-corrected chi connectivity index (χ3v) is 4.01. The Morgan fingerprint density at radius 3 is 2.39 bits per heavy atom. The number of carbonyl (C=O) groups is 2. The summed E-state index contributed by atoms with van der Waals surface area (Å²) in [6.07, 6.45) is 4.72. The maximum Gasteiger partial charge on any atom is 0.239 e. The smallest absolute Gasteiger partial charge is 0.239 e. The van der Waals surface area contributed by atoms with Crippen molar-refractivity contribution >= 4 is 11.8 Å². The van der Waals surface area contributed by atoms with Crippen molar-refractivity contribution in [3.05, 3.63) is 0 Å². The van der Waals surface area contributed by atoms with Gasteiger partial charge in [-0.05, 0) is 51.9 Å². The average molecular weight is 252 g/mol. The van der Waals surface area contributed by atoms with E-state index in [2.05, 4.69) is 10.6 Å². The fourth-order valence-electron chi connectivity index (χ4n) is 3.33. The molecule has 2 fully saturated rings. The Hall–Kier alpha value is -1.06. The predicted molar refractivity (Wildman–Crippen MR) is 69.8 cm³/mol. The SMILES string of the molecule is CC(C)(C)NC(=O)CNC(=O)C1CC2CCC1C2. The van der Waals surface area contributed by atoms with Crippen LogP contribution in [0.25, 0.3) is 0 Å². The molecule has 0 spiro atoms. The highest BCUT2D eigenvalue weighted by atomic mass is 16.2. The van der Waals surface area contributed by atoms with Crippen LogP contribution in [0.3, 0.4) is 0 Å². The molecule has 18 heavy (non-hydrogen) atoms. The fraction of sp³-hybridized carbons (Fsp3) is 0.857. The van der Waals surface area contributed by atoms with Gasteiger partial charge in [-0.2, -0.15) is 0 Å². The van der Waals surface area contributed by atoms with Gasteiger partial charge < -0.3 is 10.6 Å². The van der Waals surface area contributed by atoms with Crippen molar-refractivity contribution < 1.29 is 9.59 Å². The Kier molecular flexibility index (Phi) is 3.64. The van der Waals surface area contributed by atoms with Crippen molar-refractivity contribution in [2.75, 3.05) is 6.54 Å². The van der Waals surface area contributed by atoms with Crippen LogP contribution in [-0.4, -0.2) is 23.9 Å². The second-order valence-corrected chi connectivity index (χ2v) is 6.80. The molecule has 4 heteroatoms. The van der Waals surface area contributed by atoms with E-state index in [1.807, 2.05) is 20.8 Å². The van der Waals surface area contributed by atoms with E-state index < -0.39 is 0 Å². The molecular formula is C14H24N2O2. The minimum absolute atomic E-state index is 0.0752. The zero-order valence-electron chi connectivity index (χ0n) is 11.6. The van der Waals surface area contributed by atoms with E-state index in [1.165, 1.54) is 19.3 Å². The molecule has 0 aliphatic heterocycles. The van der Waals surface area contributed by atoms with Crippen molar-refractivity contribution in [1.82, 2.24) is 10.6 Å². The van der Waals surface area contributed by atoms with E-state index in [0.717, 1.165) is 12.3 Å². The first-order chi connectivity index (χ1) is 8.35. The summed E-state index contributed by atoms with van der Waals surface area (Å²) in [6.45, 7) is 5.90. The summed E-state index contributed by atoms with van der Waals surface area (Å²) in [4.78, 5) is 23.6. The van der Waals surface area contributed by atoms with Gasteiger partial charge in [0.1, 0.15) is 0 Å². The van der Waals surface area contributed by atoms with E-state index in [4.69, 9.17) is 0 Å². The van der Waals surface area contributed by atoms with Gasteiger partial charge in [-0.25, -0.2) is 0 Å². The molecule has 2 aliphatic carbocycles. The molecule has 2 aliphatic rings. The Bertz CT molecular complexity index is 346. The quantitative estimate of drug-likeness (QED) is 0.799. The number of carbonyl (C=O) groups excluding carboxylic acids is 2. The Labute approximate surface area is 109 Å². The third-order valence-electron chi connectivity index (χ3n) is 4.01. The highest BCUT2D eigenvalue weighted by Gasteiger charge is 2.42. The van der Waals surface area contributed by atoms with Gasteiger partial charge in [0.15, 0.2) is 0 Å². The summed E-state index contributed by atoms with van der Waals surface area (Å²) in [5, 5.41) is 5.63. The van der Waals surface area contributed by atoms with Crippen LogP contribution in [0.2, 0.25) is 0 Å². The van der Waals surface area contributed by atoms with Crippen LogP contribution < -0.4 is 10.6 Å². The summed E-state index contributed by atoms with van der Waals surface area (Å²) < 4.78 is 0. The summed E-state index contributed by atoms with van der Waals surface area (Å²) >= 11 is 0. The minimum Gasteiger partial charge on any atom is -0.350 e. The van der Waals surface area contributed by atoms with E-state index in [-0.39, 0.29) is 29.8 Å².